The van der Waals surface area contributed by atoms with Gasteiger partial charge in [0.15, 0.2) is 5.17 Å². The number of aliphatic imine (C=N–C) groups is 1. The average molecular weight is 337 g/mol. The standard InChI is InChI=1S/C14H16ClF3N2S/c1-9(2)8-20-5-6-21-13(20)19-12-4-3-10(15)7-11(12)14(16,17)18/h3-4,7,9H,5-6,8H2,1-2H3/b19-13-. The maximum atomic E-state index is 13.1. The van der Waals surface area contributed by atoms with E-state index < -0.39 is 11.7 Å². The topological polar surface area (TPSA) is 15.6 Å². The molecule has 2 rings (SSSR count). The number of alkyl halides is 3. The van der Waals surface area contributed by atoms with E-state index in [2.05, 4.69) is 18.8 Å². The fourth-order valence-electron chi connectivity index (χ4n) is 2.08. The first kappa shape index (κ1) is 16.5. The number of halogens is 4. The molecule has 2 nitrogen and oxygen atoms in total. The van der Waals surface area contributed by atoms with Gasteiger partial charge in [-0.25, -0.2) is 4.99 Å². The summed E-state index contributed by atoms with van der Waals surface area (Å²) in [6.07, 6.45) is -4.46. The van der Waals surface area contributed by atoms with Crippen LogP contribution in [0.2, 0.25) is 5.02 Å². The fourth-order valence-corrected chi connectivity index (χ4v) is 3.26. The summed E-state index contributed by atoms with van der Waals surface area (Å²) in [6, 6.07) is 3.68. The van der Waals surface area contributed by atoms with Crippen molar-refractivity contribution in [1.29, 1.82) is 0 Å². The Morgan fingerprint density at radius 3 is 2.71 bits per heavy atom. The van der Waals surface area contributed by atoms with Gasteiger partial charge < -0.3 is 4.90 Å². The smallest absolute Gasteiger partial charge is 0.350 e. The van der Waals surface area contributed by atoms with E-state index in [1.165, 1.54) is 23.9 Å². The van der Waals surface area contributed by atoms with Crippen LogP contribution >= 0.6 is 23.4 Å². The molecule has 0 unspecified atom stereocenters. The highest BCUT2D eigenvalue weighted by atomic mass is 35.5. The van der Waals surface area contributed by atoms with E-state index in [1.54, 1.807) is 0 Å². The van der Waals surface area contributed by atoms with E-state index in [9.17, 15) is 13.2 Å². The zero-order valence-electron chi connectivity index (χ0n) is 11.7. The van der Waals surface area contributed by atoms with Crippen molar-refractivity contribution in [2.75, 3.05) is 18.8 Å². The average Bonchev–Trinajstić information content (AvgIpc) is 2.77. The monoisotopic (exact) mass is 336 g/mol. The van der Waals surface area contributed by atoms with Gasteiger partial charge in [0.1, 0.15) is 0 Å². The lowest BCUT2D eigenvalue weighted by Crippen LogP contribution is -2.28. The third kappa shape index (κ3) is 4.30. The van der Waals surface area contributed by atoms with Crippen LogP contribution in [0.15, 0.2) is 23.2 Å². The summed E-state index contributed by atoms with van der Waals surface area (Å²) in [4.78, 5) is 6.26. The van der Waals surface area contributed by atoms with Crippen molar-refractivity contribution >= 4 is 34.2 Å². The summed E-state index contributed by atoms with van der Waals surface area (Å²) in [5.74, 6) is 1.28. The van der Waals surface area contributed by atoms with E-state index in [0.29, 0.717) is 11.1 Å². The highest BCUT2D eigenvalue weighted by Gasteiger charge is 2.34. The second-order valence-electron chi connectivity index (χ2n) is 5.24. The molecule has 0 N–H and O–H groups in total. The first-order valence-electron chi connectivity index (χ1n) is 6.60. The Labute approximate surface area is 131 Å². The van der Waals surface area contributed by atoms with Gasteiger partial charge in [-0.3, -0.25) is 0 Å². The van der Waals surface area contributed by atoms with Crippen molar-refractivity contribution in [2.45, 2.75) is 20.0 Å². The van der Waals surface area contributed by atoms with Crippen molar-refractivity contribution in [3.05, 3.63) is 28.8 Å². The van der Waals surface area contributed by atoms with Gasteiger partial charge in [0.2, 0.25) is 0 Å². The minimum atomic E-state index is -4.46. The minimum absolute atomic E-state index is 0.0596. The van der Waals surface area contributed by atoms with E-state index in [-0.39, 0.29) is 10.7 Å². The number of amidine groups is 1. The summed E-state index contributed by atoms with van der Waals surface area (Å²) < 4.78 is 39.2. The van der Waals surface area contributed by atoms with Crippen molar-refractivity contribution in [2.24, 2.45) is 10.9 Å². The molecule has 0 atom stereocenters. The Kier molecular flexibility index (Phi) is 5.09. The largest absolute Gasteiger partial charge is 0.418 e. The molecule has 0 aliphatic carbocycles. The van der Waals surface area contributed by atoms with Crippen LogP contribution in [0.25, 0.3) is 0 Å². The Balaban J connectivity index is 2.36. The second-order valence-corrected chi connectivity index (χ2v) is 6.74. The molecule has 0 bridgehead atoms. The molecule has 1 aliphatic heterocycles. The molecule has 1 aromatic carbocycles. The molecule has 1 heterocycles. The summed E-state index contributed by atoms with van der Waals surface area (Å²) in [6.45, 7) is 5.76. The van der Waals surface area contributed by atoms with Crippen molar-refractivity contribution in [3.63, 3.8) is 0 Å². The van der Waals surface area contributed by atoms with Crippen molar-refractivity contribution in [3.8, 4) is 0 Å². The number of hydrogen-bond donors (Lipinski definition) is 0. The van der Waals surface area contributed by atoms with Gasteiger partial charge in [-0.05, 0) is 24.1 Å². The summed E-state index contributed by atoms with van der Waals surface area (Å²) in [5, 5.41) is 0.709. The Hall–Kier alpha value is -0.880. The van der Waals surface area contributed by atoms with Gasteiger partial charge >= 0.3 is 6.18 Å². The first-order valence-corrected chi connectivity index (χ1v) is 7.97. The number of benzene rings is 1. The Morgan fingerprint density at radius 2 is 2.10 bits per heavy atom. The predicted octanol–water partition coefficient (Wildman–Crippen LogP) is 5.05. The number of hydrogen-bond acceptors (Lipinski definition) is 2. The summed E-state index contributed by atoms with van der Waals surface area (Å²) in [5.41, 5.74) is -0.871. The van der Waals surface area contributed by atoms with Crippen molar-refractivity contribution < 1.29 is 13.2 Å². The maximum Gasteiger partial charge on any atom is 0.418 e. The van der Waals surface area contributed by atoms with Gasteiger partial charge in [-0.2, -0.15) is 13.2 Å². The molecule has 116 valence electrons. The SMILES string of the molecule is CC(C)CN1CCS/C1=N\c1ccc(Cl)cc1C(F)(F)F. The van der Waals surface area contributed by atoms with E-state index in [0.717, 1.165) is 24.9 Å². The lowest BCUT2D eigenvalue weighted by molar-refractivity contribution is -0.137. The van der Waals surface area contributed by atoms with Crippen LogP contribution in [-0.4, -0.2) is 28.9 Å². The third-order valence-corrected chi connectivity index (χ3v) is 4.16. The summed E-state index contributed by atoms with van der Waals surface area (Å²) >= 11 is 7.16. The molecule has 1 aromatic rings. The first-order chi connectivity index (χ1) is 9.77. The molecule has 7 heteroatoms. The Morgan fingerprint density at radius 1 is 1.38 bits per heavy atom. The van der Waals surface area contributed by atoms with E-state index in [4.69, 9.17) is 11.6 Å². The highest BCUT2D eigenvalue weighted by molar-refractivity contribution is 8.14. The lowest BCUT2D eigenvalue weighted by Gasteiger charge is -2.20. The molecule has 0 amide bonds. The maximum absolute atomic E-state index is 13.1. The van der Waals surface area contributed by atoms with E-state index in [1.807, 2.05) is 4.90 Å². The molecule has 0 spiro atoms. The normalized spacial score (nSPS) is 18.0. The van der Waals surface area contributed by atoms with Crippen LogP contribution in [0.1, 0.15) is 19.4 Å². The van der Waals surface area contributed by atoms with Crippen LogP contribution < -0.4 is 0 Å². The third-order valence-electron chi connectivity index (χ3n) is 2.93. The summed E-state index contributed by atoms with van der Waals surface area (Å²) in [7, 11) is 0. The molecular formula is C14H16ClF3N2S. The van der Waals surface area contributed by atoms with Gasteiger partial charge in [0.25, 0.3) is 0 Å². The van der Waals surface area contributed by atoms with Crippen LogP contribution in [0.5, 0.6) is 0 Å². The quantitative estimate of drug-likeness (QED) is 0.767. The van der Waals surface area contributed by atoms with E-state index >= 15 is 0 Å². The molecule has 0 radical (unpaired) electrons. The zero-order valence-corrected chi connectivity index (χ0v) is 13.3. The van der Waals surface area contributed by atoms with Crippen LogP contribution in [-0.2, 0) is 6.18 Å². The lowest BCUT2D eigenvalue weighted by atomic mass is 10.2. The van der Waals surface area contributed by atoms with Gasteiger partial charge in [0.05, 0.1) is 11.3 Å². The van der Waals surface area contributed by atoms with Crippen LogP contribution in [0, 0.1) is 5.92 Å². The fraction of sp³-hybridized carbons (Fsp3) is 0.500. The highest BCUT2D eigenvalue weighted by Crippen LogP contribution is 2.38. The molecule has 1 saturated heterocycles. The van der Waals surface area contributed by atoms with Gasteiger partial charge in [-0.15, -0.1) is 0 Å². The molecule has 1 aliphatic rings. The zero-order chi connectivity index (χ0) is 15.6. The number of nitrogens with zero attached hydrogens (tertiary/aromatic N) is 2. The van der Waals surface area contributed by atoms with Gasteiger partial charge in [-0.1, -0.05) is 37.2 Å². The van der Waals surface area contributed by atoms with Crippen LogP contribution in [0.3, 0.4) is 0 Å². The van der Waals surface area contributed by atoms with Crippen LogP contribution in [0.4, 0.5) is 18.9 Å². The number of thioether (sulfide) groups is 1. The second kappa shape index (κ2) is 6.48. The van der Waals surface area contributed by atoms with Crippen molar-refractivity contribution in [1.82, 2.24) is 4.90 Å². The minimum Gasteiger partial charge on any atom is -0.350 e. The predicted molar refractivity (Wildman–Crippen MR) is 82.4 cm³/mol. The number of rotatable bonds is 3. The van der Waals surface area contributed by atoms with Gasteiger partial charge in [0, 0.05) is 23.9 Å². The Bertz CT molecular complexity index is 544. The molecule has 21 heavy (non-hydrogen) atoms. The molecule has 0 aromatic heterocycles. The molecule has 1 fully saturated rings. The molecular weight excluding hydrogens is 321 g/mol. The molecule has 0 saturated carbocycles.